The van der Waals surface area contributed by atoms with Crippen molar-refractivity contribution >= 4 is 22.2 Å². The Balaban J connectivity index is 1.56. The molecule has 8 heteroatoms. The summed E-state index contributed by atoms with van der Waals surface area (Å²) in [6.45, 7) is 2.58. The molecule has 30 heavy (non-hydrogen) atoms. The standard InChI is InChI=1S/C22H18N6O2/c1-13-6-7-19-14(10-13)17(8-9-30-19)28-20-16(25-22(28)29)11-23-21(26-20)27-12-24-15-4-2-3-5-18(15)27/h2-7,10-12,17H,8-9H2,1H3,(H,25,29)/t17-/m1/s1. The summed E-state index contributed by atoms with van der Waals surface area (Å²) in [5.41, 5.74) is 4.87. The van der Waals surface area contributed by atoms with Gasteiger partial charge in [0.15, 0.2) is 5.65 Å². The Morgan fingerprint density at radius 1 is 1.17 bits per heavy atom. The van der Waals surface area contributed by atoms with Crippen molar-refractivity contribution < 1.29 is 4.74 Å². The van der Waals surface area contributed by atoms with E-state index >= 15 is 0 Å². The van der Waals surface area contributed by atoms with Crippen molar-refractivity contribution in [2.45, 2.75) is 19.4 Å². The molecule has 4 heterocycles. The summed E-state index contributed by atoms with van der Waals surface area (Å²) in [6.07, 6.45) is 4.05. The third-order valence-electron chi connectivity index (χ3n) is 5.60. The molecule has 0 fully saturated rings. The third kappa shape index (κ3) is 2.46. The largest absolute Gasteiger partial charge is 0.493 e. The molecule has 1 aliphatic rings. The smallest absolute Gasteiger partial charge is 0.328 e. The van der Waals surface area contributed by atoms with Crippen LogP contribution in [0.25, 0.3) is 28.1 Å². The summed E-state index contributed by atoms with van der Waals surface area (Å²) in [5, 5.41) is 0. The van der Waals surface area contributed by atoms with E-state index in [0.717, 1.165) is 27.9 Å². The second-order valence-corrected chi connectivity index (χ2v) is 7.50. The summed E-state index contributed by atoms with van der Waals surface area (Å²) in [6, 6.07) is 13.7. The van der Waals surface area contributed by atoms with Crippen LogP contribution in [0.3, 0.4) is 0 Å². The number of hydrogen-bond donors (Lipinski definition) is 1. The van der Waals surface area contributed by atoms with Gasteiger partial charge in [0.1, 0.15) is 17.6 Å². The fraction of sp³-hybridized carbons (Fsp3) is 0.182. The van der Waals surface area contributed by atoms with Crippen molar-refractivity contribution in [3.63, 3.8) is 0 Å². The predicted molar refractivity (Wildman–Crippen MR) is 112 cm³/mol. The number of benzene rings is 2. The van der Waals surface area contributed by atoms with E-state index in [1.807, 2.05) is 47.9 Å². The molecule has 1 aliphatic heterocycles. The second-order valence-electron chi connectivity index (χ2n) is 7.50. The highest BCUT2D eigenvalue weighted by molar-refractivity contribution is 5.77. The molecule has 1 atom stereocenters. The fourth-order valence-electron chi connectivity index (χ4n) is 4.19. The number of aromatic nitrogens is 6. The highest BCUT2D eigenvalue weighted by Crippen LogP contribution is 2.35. The van der Waals surface area contributed by atoms with E-state index < -0.39 is 0 Å². The number of H-pyrrole nitrogens is 1. The maximum Gasteiger partial charge on any atom is 0.328 e. The van der Waals surface area contributed by atoms with Gasteiger partial charge in [-0.1, -0.05) is 29.8 Å². The zero-order valence-electron chi connectivity index (χ0n) is 16.2. The van der Waals surface area contributed by atoms with Gasteiger partial charge in [0.05, 0.1) is 29.9 Å². The van der Waals surface area contributed by atoms with E-state index in [4.69, 9.17) is 9.72 Å². The second kappa shape index (κ2) is 6.28. The molecule has 0 saturated heterocycles. The lowest BCUT2D eigenvalue weighted by Gasteiger charge is -2.27. The van der Waals surface area contributed by atoms with Crippen molar-refractivity contribution in [3.8, 4) is 11.7 Å². The molecule has 8 nitrogen and oxygen atoms in total. The van der Waals surface area contributed by atoms with Crippen LogP contribution in [0, 0.1) is 6.92 Å². The number of aromatic amines is 1. The van der Waals surface area contributed by atoms with Gasteiger partial charge in [-0.15, -0.1) is 0 Å². The van der Waals surface area contributed by atoms with Gasteiger partial charge in [0.25, 0.3) is 0 Å². The maximum atomic E-state index is 12.9. The van der Waals surface area contributed by atoms with Crippen LogP contribution in [-0.2, 0) is 0 Å². The number of hydrogen-bond acceptors (Lipinski definition) is 5. The van der Waals surface area contributed by atoms with E-state index in [1.54, 1.807) is 17.1 Å². The van der Waals surface area contributed by atoms with Crippen LogP contribution < -0.4 is 10.4 Å². The van der Waals surface area contributed by atoms with Crippen LogP contribution in [0.15, 0.2) is 59.8 Å². The van der Waals surface area contributed by atoms with E-state index in [1.165, 1.54) is 0 Å². The molecule has 0 amide bonds. The molecule has 0 radical (unpaired) electrons. The first kappa shape index (κ1) is 17.0. The van der Waals surface area contributed by atoms with Gasteiger partial charge in [0, 0.05) is 12.0 Å². The Bertz CT molecular complexity index is 1480. The lowest BCUT2D eigenvalue weighted by molar-refractivity contribution is 0.256. The number of para-hydroxylation sites is 2. The van der Waals surface area contributed by atoms with E-state index in [9.17, 15) is 4.79 Å². The topological polar surface area (TPSA) is 90.6 Å². The summed E-state index contributed by atoms with van der Waals surface area (Å²) in [4.78, 5) is 29.5. The number of fused-ring (bicyclic) bond motifs is 3. The minimum Gasteiger partial charge on any atom is -0.493 e. The molecule has 1 N–H and O–H groups in total. The van der Waals surface area contributed by atoms with Crippen molar-refractivity contribution in [2.24, 2.45) is 0 Å². The van der Waals surface area contributed by atoms with Crippen LogP contribution in [0.5, 0.6) is 5.75 Å². The summed E-state index contributed by atoms with van der Waals surface area (Å²) < 4.78 is 9.37. The van der Waals surface area contributed by atoms with Crippen molar-refractivity contribution in [1.82, 2.24) is 29.1 Å². The number of ether oxygens (including phenoxy) is 1. The Morgan fingerprint density at radius 3 is 3.00 bits per heavy atom. The number of nitrogens with one attached hydrogen (secondary N) is 1. The highest BCUT2D eigenvalue weighted by atomic mass is 16.5. The SMILES string of the molecule is Cc1ccc2c(c1)[C@H](n1c(=O)[nH]c3cnc(-n4cnc5ccccc54)nc31)CCO2. The maximum absolute atomic E-state index is 12.9. The third-order valence-corrected chi connectivity index (χ3v) is 5.60. The molecule has 3 aromatic heterocycles. The summed E-state index contributed by atoms with van der Waals surface area (Å²) in [5.74, 6) is 1.29. The van der Waals surface area contributed by atoms with Gasteiger partial charge in [-0.2, -0.15) is 4.98 Å². The van der Waals surface area contributed by atoms with Crippen LogP contribution in [0.1, 0.15) is 23.6 Å². The quantitative estimate of drug-likeness (QED) is 0.493. The number of imidazole rings is 2. The molecule has 148 valence electrons. The lowest BCUT2D eigenvalue weighted by atomic mass is 9.98. The van der Waals surface area contributed by atoms with E-state index in [0.29, 0.717) is 30.1 Å². The number of rotatable bonds is 2. The van der Waals surface area contributed by atoms with Gasteiger partial charge >= 0.3 is 5.69 Å². The van der Waals surface area contributed by atoms with Crippen molar-refractivity contribution in [2.75, 3.05) is 6.61 Å². The molecule has 6 rings (SSSR count). The molecule has 5 aromatic rings. The Morgan fingerprint density at radius 2 is 2.07 bits per heavy atom. The summed E-state index contributed by atoms with van der Waals surface area (Å²) in [7, 11) is 0. The minimum absolute atomic E-state index is 0.155. The molecule has 0 aliphatic carbocycles. The zero-order chi connectivity index (χ0) is 20.2. The Kier molecular flexibility index (Phi) is 3.55. The van der Waals surface area contributed by atoms with Gasteiger partial charge < -0.3 is 9.72 Å². The normalized spacial score (nSPS) is 16.0. The van der Waals surface area contributed by atoms with Gasteiger partial charge in [-0.3, -0.25) is 9.13 Å². The van der Waals surface area contributed by atoms with Crippen LogP contribution in [0.2, 0.25) is 0 Å². The molecule has 0 unspecified atom stereocenters. The van der Waals surface area contributed by atoms with Crippen LogP contribution in [-0.4, -0.2) is 35.7 Å². The van der Waals surface area contributed by atoms with Gasteiger partial charge in [0.2, 0.25) is 5.95 Å². The average molecular weight is 398 g/mol. The highest BCUT2D eigenvalue weighted by Gasteiger charge is 2.27. The Hall–Kier alpha value is -3.94. The lowest BCUT2D eigenvalue weighted by Crippen LogP contribution is -2.28. The summed E-state index contributed by atoms with van der Waals surface area (Å²) >= 11 is 0. The average Bonchev–Trinajstić information content (AvgIpc) is 3.33. The number of nitrogens with zero attached hydrogens (tertiary/aromatic N) is 5. The Labute approximate surface area is 170 Å². The van der Waals surface area contributed by atoms with Gasteiger partial charge in [-0.25, -0.2) is 14.8 Å². The zero-order valence-corrected chi connectivity index (χ0v) is 16.2. The first-order valence-corrected chi connectivity index (χ1v) is 9.82. The fourth-order valence-corrected chi connectivity index (χ4v) is 4.19. The van der Waals surface area contributed by atoms with Crippen molar-refractivity contribution in [3.05, 3.63) is 76.6 Å². The van der Waals surface area contributed by atoms with Gasteiger partial charge in [-0.05, 0) is 25.1 Å². The first-order chi connectivity index (χ1) is 14.7. The van der Waals surface area contributed by atoms with E-state index in [2.05, 4.69) is 21.0 Å². The number of aryl methyl sites for hydroxylation is 1. The molecule has 0 bridgehead atoms. The molecular formula is C22H18N6O2. The first-order valence-electron chi connectivity index (χ1n) is 9.82. The molecule has 0 saturated carbocycles. The monoisotopic (exact) mass is 398 g/mol. The van der Waals surface area contributed by atoms with Crippen LogP contribution in [0.4, 0.5) is 0 Å². The molecule has 2 aromatic carbocycles. The van der Waals surface area contributed by atoms with E-state index in [-0.39, 0.29) is 11.7 Å². The molecular weight excluding hydrogens is 380 g/mol. The minimum atomic E-state index is -0.203. The van der Waals surface area contributed by atoms with Crippen molar-refractivity contribution in [1.29, 1.82) is 0 Å². The van der Waals surface area contributed by atoms with Crippen LogP contribution >= 0.6 is 0 Å². The molecule has 0 spiro atoms. The predicted octanol–water partition coefficient (Wildman–Crippen LogP) is 3.14.